The predicted molar refractivity (Wildman–Crippen MR) is 66.8 cm³/mol. The van der Waals surface area contributed by atoms with Crippen molar-refractivity contribution in [2.75, 3.05) is 20.3 Å². The van der Waals surface area contributed by atoms with Gasteiger partial charge in [-0.1, -0.05) is 12.1 Å². The van der Waals surface area contributed by atoms with Crippen LogP contribution in [0.1, 0.15) is 13.3 Å². The summed E-state index contributed by atoms with van der Waals surface area (Å²) in [4.78, 5) is 22.1. The Morgan fingerprint density at radius 1 is 1.22 bits per heavy atom. The highest BCUT2D eigenvalue weighted by atomic mass is 16.5. The standard InChI is InChI=1S/C13H17NO4/c1-10(15)7-8-14-13(16)9-18-12-6-4-3-5-11(12)17-2/h3-6H,7-9H2,1-2H3,(H,14,16). The van der Waals surface area contributed by atoms with Crippen LogP contribution < -0.4 is 14.8 Å². The molecule has 0 spiro atoms. The van der Waals surface area contributed by atoms with Crippen LogP contribution in [0.5, 0.6) is 11.5 Å². The molecule has 0 aromatic heterocycles. The molecular weight excluding hydrogens is 234 g/mol. The number of ketones is 1. The Bertz CT molecular complexity index is 417. The lowest BCUT2D eigenvalue weighted by atomic mass is 10.3. The Morgan fingerprint density at radius 3 is 2.50 bits per heavy atom. The first-order valence-corrected chi connectivity index (χ1v) is 5.65. The molecule has 1 rings (SSSR count). The van der Waals surface area contributed by atoms with Crippen molar-refractivity contribution in [3.05, 3.63) is 24.3 Å². The van der Waals surface area contributed by atoms with Gasteiger partial charge in [-0.25, -0.2) is 0 Å². The van der Waals surface area contributed by atoms with E-state index in [-0.39, 0.29) is 18.3 Å². The largest absolute Gasteiger partial charge is 0.493 e. The van der Waals surface area contributed by atoms with E-state index in [1.54, 1.807) is 18.2 Å². The third kappa shape index (κ3) is 4.86. The number of carbonyl (C=O) groups is 2. The molecule has 0 aliphatic carbocycles. The molecule has 0 atom stereocenters. The molecule has 0 heterocycles. The Hall–Kier alpha value is -2.04. The van der Waals surface area contributed by atoms with Crippen LogP contribution in [0.3, 0.4) is 0 Å². The van der Waals surface area contributed by atoms with E-state index in [0.717, 1.165) is 0 Å². The average Bonchev–Trinajstić information content (AvgIpc) is 2.36. The number of benzene rings is 1. The van der Waals surface area contributed by atoms with Gasteiger partial charge in [-0.15, -0.1) is 0 Å². The zero-order valence-electron chi connectivity index (χ0n) is 10.6. The van der Waals surface area contributed by atoms with Gasteiger partial charge in [0.1, 0.15) is 5.78 Å². The molecule has 5 nitrogen and oxygen atoms in total. The normalized spacial score (nSPS) is 9.67. The van der Waals surface area contributed by atoms with Gasteiger partial charge in [0.2, 0.25) is 0 Å². The lowest BCUT2D eigenvalue weighted by molar-refractivity contribution is -0.123. The Morgan fingerprint density at radius 2 is 1.89 bits per heavy atom. The molecule has 0 unspecified atom stereocenters. The van der Waals surface area contributed by atoms with Gasteiger partial charge in [0.15, 0.2) is 18.1 Å². The highest BCUT2D eigenvalue weighted by Gasteiger charge is 2.06. The molecule has 0 fully saturated rings. The van der Waals surface area contributed by atoms with Crippen molar-refractivity contribution in [3.8, 4) is 11.5 Å². The van der Waals surface area contributed by atoms with Crippen molar-refractivity contribution in [2.45, 2.75) is 13.3 Å². The minimum Gasteiger partial charge on any atom is -0.493 e. The number of nitrogens with one attached hydrogen (secondary N) is 1. The van der Waals surface area contributed by atoms with Crippen molar-refractivity contribution in [1.82, 2.24) is 5.32 Å². The predicted octanol–water partition coefficient (Wildman–Crippen LogP) is 1.17. The zero-order valence-corrected chi connectivity index (χ0v) is 10.6. The quantitative estimate of drug-likeness (QED) is 0.790. The first-order valence-electron chi connectivity index (χ1n) is 5.65. The first-order chi connectivity index (χ1) is 8.63. The van der Waals surface area contributed by atoms with Gasteiger partial charge in [0, 0.05) is 13.0 Å². The molecule has 0 aliphatic rings. The molecule has 0 saturated heterocycles. The van der Waals surface area contributed by atoms with E-state index in [0.29, 0.717) is 24.5 Å². The van der Waals surface area contributed by atoms with Crippen molar-refractivity contribution < 1.29 is 19.1 Å². The number of methoxy groups -OCH3 is 1. The maximum Gasteiger partial charge on any atom is 0.257 e. The summed E-state index contributed by atoms with van der Waals surface area (Å²) < 4.78 is 10.4. The van der Waals surface area contributed by atoms with Crippen LogP contribution in [0.2, 0.25) is 0 Å². The zero-order chi connectivity index (χ0) is 13.4. The molecule has 0 saturated carbocycles. The van der Waals surface area contributed by atoms with Gasteiger partial charge in [-0.2, -0.15) is 0 Å². The Kier molecular flexibility index (Phi) is 5.70. The van der Waals surface area contributed by atoms with E-state index in [2.05, 4.69) is 5.32 Å². The molecule has 0 bridgehead atoms. The van der Waals surface area contributed by atoms with Gasteiger partial charge in [0.05, 0.1) is 7.11 Å². The molecule has 98 valence electrons. The Balaban J connectivity index is 2.35. The van der Waals surface area contributed by atoms with E-state index in [9.17, 15) is 9.59 Å². The molecule has 0 aliphatic heterocycles. The van der Waals surface area contributed by atoms with Crippen LogP contribution >= 0.6 is 0 Å². The fraction of sp³-hybridized carbons (Fsp3) is 0.385. The fourth-order valence-electron chi connectivity index (χ4n) is 1.31. The van der Waals surface area contributed by atoms with Crippen molar-refractivity contribution in [1.29, 1.82) is 0 Å². The van der Waals surface area contributed by atoms with Crippen molar-refractivity contribution in [3.63, 3.8) is 0 Å². The summed E-state index contributed by atoms with van der Waals surface area (Å²) in [6, 6.07) is 7.09. The lowest BCUT2D eigenvalue weighted by Gasteiger charge is -2.10. The third-order valence-electron chi connectivity index (χ3n) is 2.23. The Labute approximate surface area is 106 Å². The van der Waals surface area contributed by atoms with Gasteiger partial charge in [0.25, 0.3) is 5.91 Å². The number of ether oxygens (including phenoxy) is 2. The second-order valence-corrected chi connectivity index (χ2v) is 3.74. The van der Waals surface area contributed by atoms with Gasteiger partial charge in [-0.3, -0.25) is 9.59 Å². The van der Waals surface area contributed by atoms with E-state index in [4.69, 9.17) is 9.47 Å². The monoisotopic (exact) mass is 251 g/mol. The maximum atomic E-state index is 11.4. The second kappa shape index (κ2) is 7.32. The summed E-state index contributed by atoms with van der Waals surface area (Å²) in [6.07, 6.45) is 0.334. The summed E-state index contributed by atoms with van der Waals surface area (Å²) in [5.74, 6) is 0.874. The number of Topliss-reactive ketones (excluding diaryl/α,β-unsaturated/α-hetero) is 1. The molecule has 18 heavy (non-hydrogen) atoms. The van der Waals surface area contributed by atoms with Crippen LogP contribution in [0.25, 0.3) is 0 Å². The lowest BCUT2D eigenvalue weighted by Crippen LogP contribution is -2.30. The summed E-state index contributed by atoms with van der Waals surface area (Å²) in [5, 5.41) is 2.60. The number of amides is 1. The molecule has 1 N–H and O–H groups in total. The minimum absolute atomic E-state index is 0.0425. The highest BCUT2D eigenvalue weighted by Crippen LogP contribution is 2.25. The highest BCUT2D eigenvalue weighted by molar-refractivity contribution is 5.79. The van der Waals surface area contributed by atoms with Crippen LogP contribution in [-0.4, -0.2) is 32.0 Å². The van der Waals surface area contributed by atoms with Gasteiger partial charge >= 0.3 is 0 Å². The van der Waals surface area contributed by atoms with Crippen molar-refractivity contribution in [2.24, 2.45) is 0 Å². The number of para-hydroxylation sites is 2. The molecular formula is C13H17NO4. The van der Waals surface area contributed by atoms with Crippen LogP contribution in [0.15, 0.2) is 24.3 Å². The summed E-state index contributed by atoms with van der Waals surface area (Å²) >= 11 is 0. The third-order valence-corrected chi connectivity index (χ3v) is 2.23. The number of carbonyl (C=O) groups excluding carboxylic acids is 2. The fourth-order valence-corrected chi connectivity index (χ4v) is 1.31. The molecule has 5 heteroatoms. The van der Waals surface area contributed by atoms with E-state index in [1.165, 1.54) is 14.0 Å². The summed E-state index contributed by atoms with van der Waals surface area (Å²) in [5.41, 5.74) is 0. The number of hydrogen-bond acceptors (Lipinski definition) is 4. The van der Waals surface area contributed by atoms with Crippen LogP contribution in [0, 0.1) is 0 Å². The molecule has 1 amide bonds. The van der Waals surface area contributed by atoms with Gasteiger partial charge < -0.3 is 14.8 Å². The number of rotatable bonds is 7. The molecule has 0 radical (unpaired) electrons. The summed E-state index contributed by atoms with van der Waals surface area (Å²) in [6.45, 7) is 1.72. The SMILES string of the molecule is COc1ccccc1OCC(=O)NCCC(C)=O. The van der Waals surface area contributed by atoms with E-state index < -0.39 is 0 Å². The molecule has 1 aromatic carbocycles. The van der Waals surface area contributed by atoms with Gasteiger partial charge in [-0.05, 0) is 19.1 Å². The van der Waals surface area contributed by atoms with Crippen LogP contribution in [0.4, 0.5) is 0 Å². The second-order valence-electron chi connectivity index (χ2n) is 3.74. The number of hydrogen-bond donors (Lipinski definition) is 1. The first kappa shape index (κ1) is 14.0. The van der Waals surface area contributed by atoms with E-state index >= 15 is 0 Å². The summed E-state index contributed by atoms with van der Waals surface area (Å²) in [7, 11) is 1.54. The van der Waals surface area contributed by atoms with Crippen LogP contribution in [-0.2, 0) is 9.59 Å². The maximum absolute atomic E-state index is 11.4. The van der Waals surface area contributed by atoms with Crippen molar-refractivity contribution >= 4 is 11.7 Å². The molecule has 1 aromatic rings. The smallest absolute Gasteiger partial charge is 0.257 e. The topological polar surface area (TPSA) is 64.6 Å². The minimum atomic E-state index is -0.262. The van der Waals surface area contributed by atoms with E-state index in [1.807, 2.05) is 6.07 Å². The average molecular weight is 251 g/mol.